The molecule has 1 aliphatic rings. The predicted molar refractivity (Wildman–Crippen MR) is 107 cm³/mol. The molecule has 0 spiro atoms. The third kappa shape index (κ3) is 4.98. The summed E-state index contributed by atoms with van der Waals surface area (Å²) in [5.41, 5.74) is 0.886. The topological polar surface area (TPSA) is 104 Å². The highest BCUT2D eigenvalue weighted by atomic mass is 32.2. The smallest absolute Gasteiger partial charge is 0.240 e. The summed E-state index contributed by atoms with van der Waals surface area (Å²) in [6.07, 6.45) is 1.80. The van der Waals surface area contributed by atoms with Crippen LogP contribution in [0.25, 0.3) is 0 Å². The number of hydrogen-bond donors (Lipinski definition) is 3. The van der Waals surface area contributed by atoms with E-state index in [0.29, 0.717) is 25.7 Å². The fourth-order valence-corrected chi connectivity index (χ4v) is 4.75. The molecule has 1 aromatic heterocycles. The zero-order valence-electron chi connectivity index (χ0n) is 15.5. The summed E-state index contributed by atoms with van der Waals surface area (Å²) in [6, 6.07) is 10.0. The van der Waals surface area contributed by atoms with Crippen molar-refractivity contribution in [1.29, 1.82) is 0 Å². The van der Waals surface area contributed by atoms with Crippen LogP contribution in [-0.2, 0) is 26.0 Å². The van der Waals surface area contributed by atoms with Gasteiger partial charge in [-0.15, -0.1) is 11.3 Å². The van der Waals surface area contributed by atoms with Crippen LogP contribution in [0.5, 0.6) is 0 Å². The lowest BCUT2D eigenvalue weighted by Gasteiger charge is -2.32. The van der Waals surface area contributed by atoms with Crippen molar-refractivity contribution in [3.63, 3.8) is 0 Å². The summed E-state index contributed by atoms with van der Waals surface area (Å²) >= 11 is 1.56. The van der Waals surface area contributed by atoms with E-state index in [1.54, 1.807) is 23.5 Å². The summed E-state index contributed by atoms with van der Waals surface area (Å²) in [6.45, 7) is 0. The van der Waals surface area contributed by atoms with Crippen LogP contribution in [0.2, 0.25) is 0 Å². The molecule has 9 heteroatoms. The van der Waals surface area contributed by atoms with Gasteiger partial charge in [0.25, 0.3) is 0 Å². The number of piperidine rings is 1. The quantitative estimate of drug-likeness (QED) is 0.633. The molecule has 0 aliphatic carbocycles. The molecule has 1 fully saturated rings. The van der Waals surface area contributed by atoms with E-state index < -0.39 is 10.0 Å². The Morgan fingerprint density at radius 3 is 2.64 bits per heavy atom. The van der Waals surface area contributed by atoms with Crippen molar-refractivity contribution in [3.8, 4) is 0 Å². The lowest BCUT2D eigenvalue weighted by molar-refractivity contribution is -0.127. The molecule has 2 aromatic rings. The highest BCUT2D eigenvalue weighted by Crippen LogP contribution is 2.27. The van der Waals surface area contributed by atoms with Crippen LogP contribution in [-0.4, -0.2) is 33.3 Å². The second-order valence-electron chi connectivity index (χ2n) is 6.62. The van der Waals surface area contributed by atoms with Crippen molar-refractivity contribution in [2.75, 3.05) is 7.05 Å². The van der Waals surface area contributed by atoms with Gasteiger partial charge in [-0.05, 0) is 49.0 Å². The van der Waals surface area contributed by atoms with Gasteiger partial charge in [-0.3, -0.25) is 9.59 Å². The largest absolute Gasteiger partial charge is 0.351 e. The number of aryl methyl sites for hydroxylation is 1. The Balaban J connectivity index is 1.57. The number of carbonyl (C=O) groups is 2. The van der Waals surface area contributed by atoms with E-state index in [-0.39, 0.29) is 28.8 Å². The first-order valence-electron chi connectivity index (χ1n) is 9.03. The first kappa shape index (κ1) is 20.5. The molecule has 2 atom stereocenters. The van der Waals surface area contributed by atoms with Crippen LogP contribution in [0.4, 0.5) is 0 Å². The monoisotopic (exact) mass is 421 g/mol. The van der Waals surface area contributed by atoms with Crippen molar-refractivity contribution >= 4 is 33.2 Å². The zero-order valence-corrected chi connectivity index (χ0v) is 17.1. The molecule has 1 saturated heterocycles. The Bertz CT molecular complexity index is 925. The molecule has 1 aliphatic heterocycles. The minimum absolute atomic E-state index is 0.000472. The van der Waals surface area contributed by atoms with E-state index in [0.717, 1.165) is 10.4 Å². The number of thiophene rings is 1. The van der Waals surface area contributed by atoms with Gasteiger partial charge in [0.2, 0.25) is 21.8 Å². The highest BCUT2D eigenvalue weighted by molar-refractivity contribution is 7.89. The number of sulfonamides is 1. The Morgan fingerprint density at radius 1 is 1.25 bits per heavy atom. The van der Waals surface area contributed by atoms with E-state index in [1.807, 2.05) is 17.5 Å². The summed E-state index contributed by atoms with van der Waals surface area (Å²) in [4.78, 5) is 25.4. The lowest BCUT2D eigenvalue weighted by atomic mass is 9.96. The number of rotatable bonds is 7. The molecule has 0 bridgehead atoms. The first-order chi connectivity index (χ1) is 13.4. The minimum Gasteiger partial charge on any atom is -0.351 e. The van der Waals surface area contributed by atoms with Crippen LogP contribution < -0.4 is 15.4 Å². The van der Waals surface area contributed by atoms with Crippen molar-refractivity contribution in [2.45, 2.75) is 42.7 Å². The van der Waals surface area contributed by atoms with E-state index in [4.69, 9.17) is 0 Å². The average molecular weight is 422 g/mol. The summed E-state index contributed by atoms with van der Waals surface area (Å²) in [5.74, 6) is -0.0878. The van der Waals surface area contributed by atoms with Gasteiger partial charge in [-0.1, -0.05) is 18.2 Å². The normalized spacial score (nSPS) is 19.8. The Hall–Kier alpha value is -2.23. The SMILES string of the molecule is CNS(=O)(=O)c1ccc(CCC(=O)N[C@@H]2CCC(=O)N[C@H]2c2cccs2)cc1. The molecule has 150 valence electrons. The molecule has 1 aromatic carbocycles. The molecule has 2 heterocycles. The average Bonchev–Trinajstić information content (AvgIpc) is 3.23. The Kier molecular flexibility index (Phi) is 6.48. The van der Waals surface area contributed by atoms with Crippen LogP contribution in [0.3, 0.4) is 0 Å². The Labute approximate surface area is 168 Å². The molecule has 28 heavy (non-hydrogen) atoms. The lowest BCUT2D eigenvalue weighted by Crippen LogP contribution is -2.49. The van der Waals surface area contributed by atoms with E-state index in [9.17, 15) is 18.0 Å². The zero-order chi connectivity index (χ0) is 20.1. The van der Waals surface area contributed by atoms with Crippen LogP contribution in [0, 0.1) is 0 Å². The third-order valence-electron chi connectivity index (χ3n) is 4.74. The number of hydrogen-bond acceptors (Lipinski definition) is 5. The number of amides is 2. The molecule has 2 amide bonds. The number of benzene rings is 1. The van der Waals surface area contributed by atoms with Gasteiger partial charge in [0, 0.05) is 17.7 Å². The van der Waals surface area contributed by atoms with Gasteiger partial charge < -0.3 is 10.6 Å². The van der Waals surface area contributed by atoms with Crippen LogP contribution in [0.15, 0.2) is 46.7 Å². The summed E-state index contributed by atoms with van der Waals surface area (Å²) < 4.78 is 25.8. The van der Waals surface area contributed by atoms with Crippen molar-refractivity contribution in [1.82, 2.24) is 15.4 Å². The molecule has 7 nitrogen and oxygen atoms in total. The standard InChI is InChI=1S/C19H23N3O4S2/c1-20-28(25,26)14-7-4-13(5-8-14)6-10-17(23)21-15-9-11-18(24)22-19(15)16-3-2-12-27-16/h2-5,7-8,12,15,19-20H,6,9-11H2,1H3,(H,21,23)(H,22,24)/t15-,19-/m1/s1. The number of carbonyl (C=O) groups excluding carboxylic acids is 2. The van der Waals surface area contributed by atoms with E-state index in [1.165, 1.54) is 19.2 Å². The van der Waals surface area contributed by atoms with Gasteiger partial charge >= 0.3 is 0 Å². The molecular weight excluding hydrogens is 398 g/mol. The fraction of sp³-hybridized carbons (Fsp3) is 0.368. The van der Waals surface area contributed by atoms with Gasteiger partial charge in [-0.2, -0.15) is 0 Å². The molecule has 0 radical (unpaired) electrons. The predicted octanol–water partition coefficient (Wildman–Crippen LogP) is 1.72. The van der Waals surface area contributed by atoms with Gasteiger partial charge in [0.05, 0.1) is 17.0 Å². The van der Waals surface area contributed by atoms with Crippen LogP contribution >= 0.6 is 11.3 Å². The maximum Gasteiger partial charge on any atom is 0.240 e. The second kappa shape index (κ2) is 8.85. The van der Waals surface area contributed by atoms with Crippen molar-refractivity contribution < 1.29 is 18.0 Å². The maximum atomic E-state index is 12.4. The molecule has 0 saturated carbocycles. The summed E-state index contributed by atoms with van der Waals surface area (Å²) in [5, 5.41) is 7.96. The first-order valence-corrected chi connectivity index (χ1v) is 11.4. The van der Waals surface area contributed by atoms with Gasteiger partial charge in [-0.25, -0.2) is 13.1 Å². The summed E-state index contributed by atoms with van der Waals surface area (Å²) in [7, 11) is -2.09. The molecule has 3 rings (SSSR count). The fourth-order valence-electron chi connectivity index (χ4n) is 3.18. The second-order valence-corrected chi connectivity index (χ2v) is 9.49. The van der Waals surface area contributed by atoms with Gasteiger partial charge in [0.1, 0.15) is 0 Å². The minimum atomic E-state index is -3.46. The van der Waals surface area contributed by atoms with Crippen molar-refractivity contribution in [2.24, 2.45) is 0 Å². The van der Waals surface area contributed by atoms with E-state index >= 15 is 0 Å². The van der Waals surface area contributed by atoms with E-state index in [2.05, 4.69) is 15.4 Å². The number of nitrogens with one attached hydrogen (secondary N) is 3. The third-order valence-corrected chi connectivity index (χ3v) is 7.13. The molecule has 3 N–H and O–H groups in total. The maximum absolute atomic E-state index is 12.4. The van der Waals surface area contributed by atoms with Crippen molar-refractivity contribution in [3.05, 3.63) is 52.2 Å². The van der Waals surface area contributed by atoms with Gasteiger partial charge in [0.15, 0.2) is 0 Å². The van der Waals surface area contributed by atoms with Crippen LogP contribution in [0.1, 0.15) is 35.7 Å². The highest BCUT2D eigenvalue weighted by Gasteiger charge is 2.31. The molecular formula is C19H23N3O4S2. The Morgan fingerprint density at radius 2 is 2.00 bits per heavy atom. The molecule has 0 unspecified atom stereocenters.